The van der Waals surface area contributed by atoms with Gasteiger partial charge in [-0.1, -0.05) is 60.7 Å². The SMILES string of the molecule is CNCCN(C)C(=O)CN(Cc1ccccc1)Cc1ccccc1. The predicted molar refractivity (Wildman–Crippen MR) is 98.6 cm³/mol. The average Bonchev–Trinajstić information content (AvgIpc) is 2.61. The van der Waals surface area contributed by atoms with Crippen LogP contribution in [0.3, 0.4) is 0 Å². The summed E-state index contributed by atoms with van der Waals surface area (Å²) in [6.07, 6.45) is 0. The third-order valence-corrected chi connectivity index (χ3v) is 3.98. The minimum atomic E-state index is 0.150. The lowest BCUT2D eigenvalue weighted by Gasteiger charge is -2.25. The van der Waals surface area contributed by atoms with Crippen molar-refractivity contribution in [2.75, 3.05) is 33.7 Å². The van der Waals surface area contributed by atoms with Crippen molar-refractivity contribution in [2.24, 2.45) is 0 Å². The van der Waals surface area contributed by atoms with Gasteiger partial charge < -0.3 is 10.2 Å². The molecule has 24 heavy (non-hydrogen) atoms. The quantitative estimate of drug-likeness (QED) is 0.769. The number of benzene rings is 2. The molecule has 0 spiro atoms. The highest BCUT2D eigenvalue weighted by Gasteiger charge is 2.15. The van der Waals surface area contributed by atoms with Crippen molar-refractivity contribution in [3.05, 3.63) is 71.8 Å². The Morgan fingerprint density at radius 3 is 1.88 bits per heavy atom. The molecule has 2 aromatic carbocycles. The van der Waals surface area contributed by atoms with Gasteiger partial charge in [0.1, 0.15) is 0 Å². The van der Waals surface area contributed by atoms with Gasteiger partial charge in [-0.2, -0.15) is 0 Å². The Morgan fingerprint density at radius 2 is 1.42 bits per heavy atom. The molecule has 1 amide bonds. The van der Waals surface area contributed by atoms with Gasteiger partial charge in [-0.15, -0.1) is 0 Å². The first-order valence-electron chi connectivity index (χ1n) is 8.38. The van der Waals surface area contributed by atoms with Crippen molar-refractivity contribution in [1.29, 1.82) is 0 Å². The molecule has 0 aliphatic rings. The Bertz CT molecular complexity index is 559. The van der Waals surface area contributed by atoms with Crippen molar-refractivity contribution in [2.45, 2.75) is 13.1 Å². The highest BCUT2D eigenvalue weighted by atomic mass is 16.2. The summed E-state index contributed by atoms with van der Waals surface area (Å²) in [7, 11) is 3.76. The first-order valence-corrected chi connectivity index (χ1v) is 8.38. The Labute approximate surface area is 145 Å². The van der Waals surface area contributed by atoms with E-state index in [1.165, 1.54) is 11.1 Å². The summed E-state index contributed by atoms with van der Waals surface area (Å²) in [6.45, 7) is 3.48. The van der Waals surface area contributed by atoms with Gasteiger partial charge in [0.2, 0.25) is 5.91 Å². The second kappa shape index (κ2) is 9.85. The summed E-state index contributed by atoms with van der Waals surface area (Å²) in [5, 5.41) is 3.08. The standard InChI is InChI=1S/C20H27N3O/c1-21-13-14-22(2)20(24)17-23(15-18-9-5-3-6-10-18)16-19-11-7-4-8-12-19/h3-12,21H,13-17H2,1-2H3. The minimum absolute atomic E-state index is 0.150. The summed E-state index contributed by atoms with van der Waals surface area (Å²) in [5.41, 5.74) is 2.44. The van der Waals surface area contributed by atoms with Crippen LogP contribution in [0.25, 0.3) is 0 Å². The predicted octanol–water partition coefficient (Wildman–Crippen LogP) is 2.37. The Hall–Kier alpha value is -2.17. The van der Waals surface area contributed by atoms with Gasteiger partial charge in [-0.25, -0.2) is 0 Å². The fraction of sp³-hybridized carbons (Fsp3) is 0.350. The molecule has 4 nitrogen and oxygen atoms in total. The Kier molecular flexibility index (Phi) is 7.46. The van der Waals surface area contributed by atoms with Crippen molar-refractivity contribution >= 4 is 5.91 Å². The zero-order valence-electron chi connectivity index (χ0n) is 14.6. The average molecular weight is 325 g/mol. The number of likely N-dealkylation sites (N-methyl/N-ethyl adjacent to an activating group) is 2. The van der Waals surface area contributed by atoms with E-state index in [-0.39, 0.29) is 5.91 Å². The van der Waals surface area contributed by atoms with E-state index in [1.54, 1.807) is 4.90 Å². The number of carbonyl (C=O) groups excluding carboxylic acids is 1. The van der Waals surface area contributed by atoms with Crippen LogP contribution in [0.1, 0.15) is 11.1 Å². The van der Waals surface area contributed by atoms with E-state index < -0.39 is 0 Å². The highest BCUT2D eigenvalue weighted by Crippen LogP contribution is 2.10. The van der Waals surface area contributed by atoms with Gasteiger partial charge >= 0.3 is 0 Å². The molecule has 1 N–H and O–H groups in total. The molecule has 128 valence electrons. The fourth-order valence-electron chi connectivity index (χ4n) is 2.57. The van der Waals surface area contributed by atoms with Gasteiger partial charge in [-0.05, 0) is 18.2 Å². The molecule has 0 aliphatic carbocycles. The van der Waals surface area contributed by atoms with E-state index in [0.717, 1.165) is 26.2 Å². The van der Waals surface area contributed by atoms with Gasteiger partial charge in [0.15, 0.2) is 0 Å². The zero-order chi connectivity index (χ0) is 17.2. The van der Waals surface area contributed by atoms with Crippen molar-refractivity contribution in [3.63, 3.8) is 0 Å². The van der Waals surface area contributed by atoms with Crippen LogP contribution in [-0.2, 0) is 17.9 Å². The van der Waals surface area contributed by atoms with Crippen molar-refractivity contribution < 1.29 is 4.79 Å². The molecule has 0 aliphatic heterocycles. The van der Waals surface area contributed by atoms with Crippen molar-refractivity contribution in [1.82, 2.24) is 15.1 Å². The second-order valence-corrected chi connectivity index (χ2v) is 6.04. The lowest BCUT2D eigenvalue weighted by molar-refractivity contribution is -0.131. The molecule has 0 bridgehead atoms. The van der Waals surface area contributed by atoms with Crippen LogP contribution >= 0.6 is 0 Å². The summed E-state index contributed by atoms with van der Waals surface area (Å²) < 4.78 is 0. The number of amides is 1. The summed E-state index contributed by atoms with van der Waals surface area (Å²) >= 11 is 0. The molecule has 0 saturated carbocycles. The number of carbonyl (C=O) groups is 1. The molecule has 0 fully saturated rings. The topological polar surface area (TPSA) is 35.6 Å². The third-order valence-electron chi connectivity index (χ3n) is 3.98. The van der Waals surface area contributed by atoms with Crippen LogP contribution in [0, 0.1) is 0 Å². The lowest BCUT2D eigenvalue weighted by atomic mass is 10.1. The molecule has 0 aromatic heterocycles. The molecule has 0 atom stereocenters. The van der Waals surface area contributed by atoms with Crippen LogP contribution < -0.4 is 5.32 Å². The number of rotatable bonds is 9. The summed E-state index contributed by atoms with van der Waals surface area (Å²) in [4.78, 5) is 16.5. The van der Waals surface area contributed by atoms with E-state index in [9.17, 15) is 4.79 Å². The number of hydrogen-bond acceptors (Lipinski definition) is 3. The van der Waals surface area contributed by atoms with E-state index in [0.29, 0.717) is 6.54 Å². The Morgan fingerprint density at radius 1 is 0.917 bits per heavy atom. The number of nitrogens with one attached hydrogen (secondary N) is 1. The van der Waals surface area contributed by atoms with Gasteiger partial charge in [-0.3, -0.25) is 9.69 Å². The van der Waals surface area contributed by atoms with Gasteiger partial charge in [0, 0.05) is 33.2 Å². The van der Waals surface area contributed by atoms with Crippen LogP contribution in [0.5, 0.6) is 0 Å². The first-order chi connectivity index (χ1) is 11.7. The Balaban J connectivity index is 2.03. The molecule has 0 unspecified atom stereocenters. The van der Waals surface area contributed by atoms with Crippen LogP contribution in [0.2, 0.25) is 0 Å². The second-order valence-electron chi connectivity index (χ2n) is 6.04. The maximum Gasteiger partial charge on any atom is 0.236 e. The maximum atomic E-state index is 12.5. The monoisotopic (exact) mass is 325 g/mol. The smallest absolute Gasteiger partial charge is 0.236 e. The normalized spacial score (nSPS) is 10.8. The first kappa shape index (κ1) is 18.2. The molecule has 2 rings (SSSR count). The molecule has 0 radical (unpaired) electrons. The number of hydrogen-bond donors (Lipinski definition) is 1. The highest BCUT2D eigenvalue weighted by molar-refractivity contribution is 5.78. The lowest BCUT2D eigenvalue weighted by Crippen LogP contribution is -2.40. The van der Waals surface area contributed by atoms with Gasteiger partial charge in [0.05, 0.1) is 6.54 Å². The fourth-order valence-corrected chi connectivity index (χ4v) is 2.57. The minimum Gasteiger partial charge on any atom is -0.343 e. The molecule has 2 aromatic rings. The van der Waals surface area contributed by atoms with Crippen LogP contribution in [0.4, 0.5) is 0 Å². The molecule has 0 saturated heterocycles. The van der Waals surface area contributed by atoms with E-state index in [4.69, 9.17) is 0 Å². The molecule has 0 heterocycles. The van der Waals surface area contributed by atoms with Gasteiger partial charge in [0.25, 0.3) is 0 Å². The van der Waals surface area contributed by atoms with Crippen LogP contribution in [-0.4, -0.2) is 49.4 Å². The molecule has 4 heteroatoms. The molecular formula is C20H27N3O. The van der Waals surface area contributed by atoms with E-state index in [1.807, 2.05) is 50.5 Å². The summed E-state index contributed by atoms with van der Waals surface area (Å²) in [5.74, 6) is 0.150. The largest absolute Gasteiger partial charge is 0.343 e. The van der Waals surface area contributed by atoms with E-state index >= 15 is 0 Å². The maximum absolute atomic E-state index is 12.5. The third kappa shape index (κ3) is 6.14. The number of nitrogens with zero attached hydrogens (tertiary/aromatic N) is 2. The van der Waals surface area contributed by atoms with Crippen molar-refractivity contribution in [3.8, 4) is 0 Å². The summed E-state index contributed by atoms with van der Waals surface area (Å²) in [6, 6.07) is 20.6. The zero-order valence-corrected chi connectivity index (χ0v) is 14.6. The van der Waals surface area contributed by atoms with E-state index in [2.05, 4.69) is 34.5 Å². The van der Waals surface area contributed by atoms with Crippen LogP contribution in [0.15, 0.2) is 60.7 Å². The molecular weight excluding hydrogens is 298 g/mol.